The van der Waals surface area contributed by atoms with Gasteiger partial charge in [0.2, 0.25) is 0 Å². The smallest absolute Gasteiger partial charge is 0.0209 e. The SMILES string of the molecule is CC(C)CCN1CCN(I)CC1. The van der Waals surface area contributed by atoms with Crippen LogP contribution in [0.5, 0.6) is 0 Å². The predicted octanol–water partition coefficient (Wildman–Crippen LogP) is 2.00. The van der Waals surface area contributed by atoms with E-state index in [0.29, 0.717) is 0 Å². The van der Waals surface area contributed by atoms with Crippen LogP contribution in [0.1, 0.15) is 20.3 Å². The molecule has 0 aliphatic carbocycles. The van der Waals surface area contributed by atoms with Crippen LogP contribution in [0.15, 0.2) is 0 Å². The van der Waals surface area contributed by atoms with Gasteiger partial charge in [0.1, 0.15) is 0 Å². The van der Waals surface area contributed by atoms with Gasteiger partial charge in [-0.15, -0.1) is 0 Å². The molecular weight excluding hydrogens is 263 g/mol. The fourth-order valence-corrected chi connectivity index (χ4v) is 1.82. The van der Waals surface area contributed by atoms with Crippen molar-refractivity contribution in [2.24, 2.45) is 5.92 Å². The molecule has 1 aliphatic rings. The Bertz CT molecular complexity index is 120. The van der Waals surface area contributed by atoms with Gasteiger partial charge in [-0.05, 0) is 18.9 Å². The first-order valence-corrected chi connectivity index (χ1v) is 5.78. The largest absolute Gasteiger partial charge is 0.301 e. The Kier molecular flexibility index (Phi) is 4.82. The number of nitrogens with zero attached hydrogens (tertiary/aromatic N) is 2. The number of rotatable bonds is 3. The molecule has 0 aromatic rings. The van der Waals surface area contributed by atoms with Gasteiger partial charge in [-0.2, -0.15) is 0 Å². The molecule has 0 atom stereocenters. The van der Waals surface area contributed by atoms with Crippen LogP contribution in [0, 0.1) is 5.92 Å². The maximum atomic E-state index is 2.58. The molecule has 0 aromatic carbocycles. The second-order valence-electron chi connectivity index (χ2n) is 3.93. The topological polar surface area (TPSA) is 6.48 Å². The average molecular weight is 282 g/mol. The van der Waals surface area contributed by atoms with E-state index >= 15 is 0 Å². The molecule has 0 aromatic heterocycles. The third kappa shape index (κ3) is 4.05. The molecular formula is C9H19IN2. The Labute approximate surface area is 89.8 Å². The zero-order chi connectivity index (χ0) is 8.97. The molecule has 0 radical (unpaired) electrons. The van der Waals surface area contributed by atoms with Crippen molar-refractivity contribution < 1.29 is 0 Å². The van der Waals surface area contributed by atoms with Gasteiger partial charge in [0.25, 0.3) is 0 Å². The lowest BCUT2D eigenvalue weighted by Crippen LogP contribution is -2.42. The molecule has 1 aliphatic heterocycles. The fourth-order valence-electron chi connectivity index (χ4n) is 1.39. The van der Waals surface area contributed by atoms with Gasteiger partial charge >= 0.3 is 0 Å². The molecule has 0 spiro atoms. The van der Waals surface area contributed by atoms with Crippen LogP contribution in [0.25, 0.3) is 0 Å². The van der Waals surface area contributed by atoms with Crippen LogP contribution in [0.3, 0.4) is 0 Å². The van der Waals surface area contributed by atoms with Gasteiger partial charge in [-0.1, -0.05) is 13.8 Å². The predicted molar refractivity (Wildman–Crippen MR) is 61.5 cm³/mol. The Morgan fingerprint density at radius 3 is 2.25 bits per heavy atom. The zero-order valence-corrected chi connectivity index (χ0v) is 10.2. The second-order valence-corrected chi connectivity index (χ2v) is 5.30. The van der Waals surface area contributed by atoms with Crippen molar-refractivity contribution in [2.75, 3.05) is 32.7 Å². The zero-order valence-electron chi connectivity index (χ0n) is 8.09. The molecule has 1 rings (SSSR count). The fraction of sp³-hybridized carbons (Fsp3) is 1.00. The molecule has 0 saturated carbocycles. The first-order valence-electron chi connectivity index (χ1n) is 4.81. The number of piperazine rings is 1. The summed E-state index contributed by atoms with van der Waals surface area (Å²) in [6, 6.07) is 0. The molecule has 1 fully saturated rings. The summed E-state index contributed by atoms with van der Waals surface area (Å²) in [6.07, 6.45) is 1.35. The van der Waals surface area contributed by atoms with Gasteiger partial charge in [-0.25, -0.2) is 3.11 Å². The highest BCUT2D eigenvalue weighted by atomic mass is 127. The van der Waals surface area contributed by atoms with Crippen LogP contribution in [-0.4, -0.2) is 40.7 Å². The molecule has 3 heteroatoms. The number of halogens is 1. The van der Waals surface area contributed by atoms with Crippen LogP contribution < -0.4 is 0 Å². The van der Waals surface area contributed by atoms with E-state index < -0.39 is 0 Å². The molecule has 12 heavy (non-hydrogen) atoms. The van der Waals surface area contributed by atoms with Crippen LogP contribution in [-0.2, 0) is 0 Å². The first-order chi connectivity index (χ1) is 5.68. The minimum atomic E-state index is 0.850. The van der Waals surface area contributed by atoms with Crippen molar-refractivity contribution in [3.8, 4) is 0 Å². The van der Waals surface area contributed by atoms with Gasteiger partial charge < -0.3 is 4.90 Å². The monoisotopic (exact) mass is 282 g/mol. The summed E-state index contributed by atoms with van der Waals surface area (Å²) in [5.41, 5.74) is 0. The lowest BCUT2D eigenvalue weighted by molar-refractivity contribution is 0.196. The second kappa shape index (κ2) is 5.40. The van der Waals surface area contributed by atoms with Crippen molar-refractivity contribution in [1.29, 1.82) is 0 Å². The number of hydrogen-bond donors (Lipinski definition) is 0. The van der Waals surface area contributed by atoms with E-state index in [2.05, 4.69) is 44.7 Å². The van der Waals surface area contributed by atoms with Crippen molar-refractivity contribution in [3.63, 3.8) is 0 Å². The normalized spacial score (nSPS) is 22.0. The first kappa shape index (κ1) is 10.7. The molecule has 1 heterocycles. The maximum absolute atomic E-state index is 2.58. The summed E-state index contributed by atoms with van der Waals surface area (Å²) < 4.78 is 2.38. The van der Waals surface area contributed by atoms with Gasteiger partial charge in [0, 0.05) is 49.0 Å². The minimum Gasteiger partial charge on any atom is -0.301 e. The molecule has 72 valence electrons. The van der Waals surface area contributed by atoms with Crippen molar-refractivity contribution in [2.45, 2.75) is 20.3 Å². The van der Waals surface area contributed by atoms with Crippen LogP contribution >= 0.6 is 22.9 Å². The average Bonchev–Trinajstić information content (AvgIpc) is 2.03. The lowest BCUT2D eigenvalue weighted by Gasteiger charge is -2.31. The molecule has 0 amide bonds. The summed E-state index contributed by atoms with van der Waals surface area (Å²) >= 11 is 2.42. The third-order valence-electron chi connectivity index (χ3n) is 2.34. The quantitative estimate of drug-likeness (QED) is 0.577. The van der Waals surface area contributed by atoms with E-state index in [-0.39, 0.29) is 0 Å². The van der Waals surface area contributed by atoms with Gasteiger partial charge in [-0.3, -0.25) is 0 Å². The Hall–Kier alpha value is 0.650. The van der Waals surface area contributed by atoms with Gasteiger partial charge in [0.15, 0.2) is 0 Å². The molecule has 0 unspecified atom stereocenters. The van der Waals surface area contributed by atoms with E-state index in [1.807, 2.05) is 0 Å². The van der Waals surface area contributed by atoms with Crippen molar-refractivity contribution in [3.05, 3.63) is 0 Å². The Balaban J connectivity index is 2.09. The minimum absolute atomic E-state index is 0.850. The highest BCUT2D eigenvalue weighted by molar-refractivity contribution is 14.1. The molecule has 0 bridgehead atoms. The maximum Gasteiger partial charge on any atom is 0.0209 e. The lowest BCUT2D eigenvalue weighted by atomic mass is 10.1. The summed E-state index contributed by atoms with van der Waals surface area (Å²) in [6.45, 7) is 10.9. The van der Waals surface area contributed by atoms with Gasteiger partial charge in [0.05, 0.1) is 0 Å². The van der Waals surface area contributed by atoms with E-state index in [1.165, 1.54) is 39.1 Å². The van der Waals surface area contributed by atoms with E-state index in [9.17, 15) is 0 Å². The number of hydrogen-bond acceptors (Lipinski definition) is 2. The highest BCUT2D eigenvalue weighted by Gasteiger charge is 2.13. The summed E-state index contributed by atoms with van der Waals surface area (Å²) in [5.74, 6) is 0.850. The molecule has 1 saturated heterocycles. The van der Waals surface area contributed by atoms with Crippen molar-refractivity contribution in [1.82, 2.24) is 8.01 Å². The Morgan fingerprint density at radius 1 is 1.17 bits per heavy atom. The summed E-state index contributed by atoms with van der Waals surface area (Å²) in [4.78, 5) is 2.58. The van der Waals surface area contributed by atoms with Crippen molar-refractivity contribution >= 4 is 22.9 Å². The standard InChI is InChI=1S/C9H19IN2/c1-9(2)3-4-11-5-7-12(10)8-6-11/h9H,3-8H2,1-2H3. The van der Waals surface area contributed by atoms with E-state index in [1.54, 1.807) is 0 Å². The summed E-state index contributed by atoms with van der Waals surface area (Å²) in [5, 5.41) is 0. The highest BCUT2D eigenvalue weighted by Crippen LogP contribution is 2.08. The Morgan fingerprint density at radius 2 is 1.75 bits per heavy atom. The van der Waals surface area contributed by atoms with Crippen LogP contribution in [0.4, 0.5) is 0 Å². The summed E-state index contributed by atoms with van der Waals surface area (Å²) in [7, 11) is 0. The molecule has 2 nitrogen and oxygen atoms in total. The third-order valence-corrected chi connectivity index (χ3v) is 3.31. The molecule has 0 N–H and O–H groups in total. The van der Waals surface area contributed by atoms with Crippen LogP contribution in [0.2, 0.25) is 0 Å². The van der Waals surface area contributed by atoms with E-state index in [4.69, 9.17) is 0 Å². The van der Waals surface area contributed by atoms with E-state index in [0.717, 1.165) is 5.92 Å².